The maximum atomic E-state index is 6.15. The molecule has 0 aromatic heterocycles. The largest absolute Gasteiger partial charge is 0.493 e. The van der Waals surface area contributed by atoms with Gasteiger partial charge in [0.1, 0.15) is 5.75 Å². The molecule has 3 heteroatoms. The number of halogens is 1. The highest BCUT2D eigenvalue weighted by atomic mass is 35.5. The number of nitrogens with one attached hydrogen (secondary N) is 1. The van der Waals surface area contributed by atoms with Crippen LogP contribution in [0.5, 0.6) is 5.75 Å². The monoisotopic (exact) mass is 303 g/mol. The number of rotatable bonds is 7. The molecule has 2 aromatic rings. The number of hydrogen-bond acceptors (Lipinski definition) is 2. The third kappa shape index (κ3) is 4.98. The van der Waals surface area contributed by atoms with E-state index in [0.717, 1.165) is 35.1 Å². The summed E-state index contributed by atoms with van der Waals surface area (Å²) >= 11 is 6.15. The molecule has 2 nitrogen and oxygen atoms in total. The Bertz CT molecular complexity index is 569. The molecule has 0 aliphatic heterocycles. The lowest BCUT2D eigenvalue weighted by Crippen LogP contribution is -2.06. The predicted octanol–water partition coefficient (Wildman–Crippen LogP) is 5.38. The molecular formula is C18H22ClNO. The lowest BCUT2D eigenvalue weighted by atomic mass is 10.1. The lowest BCUT2D eigenvalue weighted by molar-refractivity contribution is 0.287. The number of para-hydroxylation sites is 2. The number of ether oxygens (including phenoxy) is 1. The molecule has 0 radical (unpaired) electrons. The Balaban J connectivity index is 1.98. The van der Waals surface area contributed by atoms with E-state index in [1.807, 2.05) is 42.5 Å². The summed E-state index contributed by atoms with van der Waals surface area (Å²) in [7, 11) is 0. The second-order valence-electron chi connectivity index (χ2n) is 5.47. The first-order valence-electron chi connectivity index (χ1n) is 7.36. The van der Waals surface area contributed by atoms with Crippen molar-refractivity contribution in [1.82, 2.24) is 0 Å². The van der Waals surface area contributed by atoms with Gasteiger partial charge in [-0.1, -0.05) is 55.8 Å². The van der Waals surface area contributed by atoms with E-state index in [1.165, 1.54) is 0 Å². The average Bonchev–Trinajstić information content (AvgIpc) is 2.47. The second-order valence-corrected chi connectivity index (χ2v) is 5.88. The van der Waals surface area contributed by atoms with Gasteiger partial charge in [-0.25, -0.2) is 0 Å². The molecule has 0 saturated carbocycles. The third-order valence-electron chi connectivity index (χ3n) is 3.27. The van der Waals surface area contributed by atoms with Crippen LogP contribution in [-0.4, -0.2) is 6.61 Å². The zero-order valence-corrected chi connectivity index (χ0v) is 13.4. The Kier molecular flexibility index (Phi) is 5.94. The molecule has 2 rings (SSSR count). The predicted molar refractivity (Wildman–Crippen MR) is 90.2 cm³/mol. The fraction of sp³-hybridized carbons (Fsp3) is 0.333. The van der Waals surface area contributed by atoms with Gasteiger partial charge in [-0.2, -0.15) is 0 Å². The third-order valence-corrected chi connectivity index (χ3v) is 3.60. The molecule has 0 atom stereocenters. The van der Waals surface area contributed by atoms with E-state index in [2.05, 4.69) is 25.2 Å². The number of anilines is 1. The normalized spacial score (nSPS) is 10.7. The fourth-order valence-corrected chi connectivity index (χ4v) is 2.19. The molecule has 2 aromatic carbocycles. The van der Waals surface area contributed by atoms with Crippen molar-refractivity contribution in [2.45, 2.75) is 26.8 Å². The van der Waals surface area contributed by atoms with E-state index in [9.17, 15) is 0 Å². The quantitative estimate of drug-likeness (QED) is 0.741. The summed E-state index contributed by atoms with van der Waals surface area (Å²) in [5.74, 6) is 1.59. The van der Waals surface area contributed by atoms with Gasteiger partial charge in [0.25, 0.3) is 0 Å². The van der Waals surface area contributed by atoms with Crippen molar-refractivity contribution >= 4 is 17.3 Å². The summed E-state index contributed by atoms with van der Waals surface area (Å²) in [5.41, 5.74) is 2.08. The second kappa shape index (κ2) is 7.94. The number of hydrogen-bond donors (Lipinski definition) is 1. The highest BCUT2D eigenvalue weighted by molar-refractivity contribution is 6.33. The minimum Gasteiger partial charge on any atom is -0.493 e. The molecule has 112 valence electrons. The molecule has 0 aliphatic rings. The van der Waals surface area contributed by atoms with Crippen LogP contribution in [0.15, 0.2) is 48.5 Å². The van der Waals surface area contributed by atoms with Gasteiger partial charge in [0.2, 0.25) is 0 Å². The molecule has 0 spiro atoms. The van der Waals surface area contributed by atoms with Crippen molar-refractivity contribution in [2.24, 2.45) is 5.92 Å². The Labute approximate surface area is 132 Å². The molecule has 21 heavy (non-hydrogen) atoms. The maximum absolute atomic E-state index is 6.15. The molecule has 0 fully saturated rings. The van der Waals surface area contributed by atoms with Crippen LogP contribution in [0.25, 0.3) is 0 Å². The van der Waals surface area contributed by atoms with E-state index in [4.69, 9.17) is 16.3 Å². The van der Waals surface area contributed by atoms with Gasteiger partial charge in [0.15, 0.2) is 0 Å². The first kappa shape index (κ1) is 15.7. The first-order chi connectivity index (χ1) is 10.2. The summed E-state index contributed by atoms with van der Waals surface area (Å²) in [5, 5.41) is 4.09. The van der Waals surface area contributed by atoms with Crippen molar-refractivity contribution in [1.29, 1.82) is 0 Å². The van der Waals surface area contributed by atoms with Crippen LogP contribution in [0.2, 0.25) is 5.02 Å². The van der Waals surface area contributed by atoms with E-state index >= 15 is 0 Å². The average molecular weight is 304 g/mol. The maximum Gasteiger partial charge on any atom is 0.124 e. The van der Waals surface area contributed by atoms with E-state index < -0.39 is 0 Å². The lowest BCUT2D eigenvalue weighted by Gasteiger charge is -2.14. The Morgan fingerprint density at radius 3 is 2.52 bits per heavy atom. The summed E-state index contributed by atoms with van der Waals surface area (Å²) in [4.78, 5) is 0. The zero-order chi connectivity index (χ0) is 15.1. The molecule has 1 N–H and O–H groups in total. The van der Waals surface area contributed by atoms with Crippen LogP contribution in [0.1, 0.15) is 25.8 Å². The van der Waals surface area contributed by atoms with Crippen LogP contribution in [0.4, 0.5) is 5.69 Å². The minimum atomic E-state index is 0.651. The molecule has 0 saturated heterocycles. The summed E-state index contributed by atoms with van der Waals surface area (Å²) in [6.45, 7) is 5.85. The molecule has 0 bridgehead atoms. The minimum absolute atomic E-state index is 0.651. The van der Waals surface area contributed by atoms with Crippen LogP contribution < -0.4 is 10.1 Å². The van der Waals surface area contributed by atoms with Crippen molar-refractivity contribution < 1.29 is 4.74 Å². The highest BCUT2D eigenvalue weighted by Gasteiger charge is 2.05. The SMILES string of the molecule is CC(C)CCOc1ccccc1CNc1ccccc1Cl. The van der Waals surface area contributed by atoms with E-state index in [-0.39, 0.29) is 0 Å². The summed E-state index contributed by atoms with van der Waals surface area (Å²) in [6, 6.07) is 15.9. The molecule has 0 amide bonds. The van der Waals surface area contributed by atoms with Gasteiger partial charge in [0.05, 0.1) is 17.3 Å². The Morgan fingerprint density at radius 2 is 1.76 bits per heavy atom. The Morgan fingerprint density at radius 1 is 1.05 bits per heavy atom. The van der Waals surface area contributed by atoms with Crippen molar-refractivity contribution in [2.75, 3.05) is 11.9 Å². The van der Waals surface area contributed by atoms with Gasteiger partial charge >= 0.3 is 0 Å². The molecule has 0 aliphatic carbocycles. The molecule has 0 heterocycles. The molecule has 0 unspecified atom stereocenters. The van der Waals surface area contributed by atoms with Crippen LogP contribution in [-0.2, 0) is 6.54 Å². The summed E-state index contributed by atoms with van der Waals surface area (Å²) < 4.78 is 5.89. The van der Waals surface area contributed by atoms with Gasteiger partial charge in [0, 0.05) is 12.1 Å². The smallest absolute Gasteiger partial charge is 0.124 e. The number of benzene rings is 2. The topological polar surface area (TPSA) is 21.3 Å². The van der Waals surface area contributed by atoms with Crippen molar-refractivity contribution in [3.8, 4) is 5.75 Å². The van der Waals surface area contributed by atoms with Crippen molar-refractivity contribution in [3.63, 3.8) is 0 Å². The van der Waals surface area contributed by atoms with Gasteiger partial charge in [-0.3, -0.25) is 0 Å². The standard InChI is InChI=1S/C18H22ClNO/c1-14(2)11-12-21-18-10-6-3-7-15(18)13-20-17-9-5-4-8-16(17)19/h3-10,14,20H,11-13H2,1-2H3. The molecular weight excluding hydrogens is 282 g/mol. The van der Waals surface area contributed by atoms with Crippen LogP contribution in [0.3, 0.4) is 0 Å². The van der Waals surface area contributed by atoms with Crippen molar-refractivity contribution in [3.05, 3.63) is 59.1 Å². The van der Waals surface area contributed by atoms with E-state index in [1.54, 1.807) is 0 Å². The van der Waals surface area contributed by atoms with Gasteiger partial charge < -0.3 is 10.1 Å². The van der Waals surface area contributed by atoms with Crippen LogP contribution in [0, 0.1) is 5.92 Å². The fourth-order valence-electron chi connectivity index (χ4n) is 1.99. The van der Waals surface area contributed by atoms with Gasteiger partial charge in [-0.05, 0) is 30.5 Å². The Hall–Kier alpha value is -1.67. The summed E-state index contributed by atoms with van der Waals surface area (Å²) in [6.07, 6.45) is 1.06. The highest BCUT2D eigenvalue weighted by Crippen LogP contribution is 2.24. The first-order valence-corrected chi connectivity index (χ1v) is 7.73. The van der Waals surface area contributed by atoms with Gasteiger partial charge in [-0.15, -0.1) is 0 Å². The van der Waals surface area contributed by atoms with E-state index in [0.29, 0.717) is 12.5 Å². The van der Waals surface area contributed by atoms with Crippen LogP contribution >= 0.6 is 11.6 Å². The zero-order valence-electron chi connectivity index (χ0n) is 12.6.